The van der Waals surface area contributed by atoms with Crippen LogP contribution < -0.4 is 21.5 Å². The summed E-state index contributed by atoms with van der Waals surface area (Å²) in [5.41, 5.74) is 0.951. The molecule has 1 aliphatic heterocycles. The largest absolute Gasteiger partial charge is 0.465 e. The highest BCUT2D eigenvalue weighted by Gasteiger charge is 2.28. The van der Waals surface area contributed by atoms with E-state index < -0.39 is 17.3 Å². The summed E-state index contributed by atoms with van der Waals surface area (Å²) >= 11 is 0. The standard InChI is InChI=1S/C26H28N8O4/c1-4-5-13-33-21-22(30-24(33)32-12-8-9-17(14-32)28-25(36)37)31(3)26(38)34(23(21)35)15-20-27-16(2)18-10-6-7-11-19(18)29-20/h6-7,10-11,17,28H,8-9,12-15H2,1-3H3,(H,36,37)/t17-/m1/s1. The van der Waals surface area contributed by atoms with Gasteiger partial charge in [-0.25, -0.2) is 19.6 Å². The third-order valence-electron chi connectivity index (χ3n) is 6.80. The van der Waals surface area contributed by atoms with Gasteiger partial charge in [0.2, 0.25) is 5.95 Å². The van der Waals surface area contributed by atoms with Crippen LogP contribution in [0, 0.1) is 18.8 Å². The minimum atomic E-state index is -1.08. The van der Waals surface area contributed by atoms with E-state index in [-0.39, 0.29) is 30.3 Å². The summed E-state index contributed by atoms with van der Waals surface area (Å²) in [5, 5.41) is 12.6. The van der Waals surface area contributed by atoms with Gasteiger partial charge in [-0.05, 0) is 32.8 Å². The Balaban J connectivity index is 1.64. The Hall–Kier alpha value is -4.66. The molecule has 1 saturated heterocycles. The van der Waals surface area contributed by atoms with Crippen molar-refractivity contribution in [1.29, 1.82) is 0 Å². The molecule has 1 aromatic carbocycles. The Morgan fingerprint density at radius 1 is 1.18 bits per heavy atom. The average Bonchev–Trinajstić information content (AvgIpc) is 3.28. The van der Waals surface area contributed by atoms with Crippen LogP contribution in [0.2, 0.25) is 0 Å². The Labute approximate surface area is 217 Å². The summed E-state index contributed by atoms with van der Waals surface area (Å²) in [7, 11) is 1.57. The summed E-state index contributed by atoms with van der Waals surface area (Å²) in [6, 6.07) is 7.31. The zero-order valence-electron chi connectivity index (χ0n) is 21.4. The number of para-hydroxylation sites is 1. The van der Waals surface area contributed by atoms with Crippen LogP contribution in [0.15, 0.2) is 33.9 Å². The van der Waals surface area contributed by atoms with Crippen molar-refractivity contribution in [1.82, 2.24) is 34.0 Å². The minimum absolute atomic E-state index is 0.0958. The second-order valence-electron chi connectivity index (χ2n) is 9.31. The maximum absolute atomic E-state index is 13.8. The summed E-state index contributed by atoms with van der Waals surface area (Å²) < 4.78 is 4.18. The molecule has 5 rings (SSSR count). The maximum atomic E-state index is 13.8. The molecule has 0 bridgehead atoms. The zero-order chi connectivity index (χ0) is 27.0. The number of nitrogens with zero attached hydrogens (tertiary/aromatic N) is 7. The highest BCUT2D eigenvalue weighted by molar-refractivity contribution is 5.80. The van der Waals surface area contributed by atoms with Crippen molar-refractivity contribution >= 4 is 34.1 Å². The minimum Gasteiger partial charge on any atom is -0.465 e. The molecular weight excluding hydrogens is 488 g/mol. The number of aryl methyl sites for hydroxylation is 2. The number of hydrogen-bond donors (Lipinski definition) is 2. The molecule has 1 atom stereocenters. The molecule has 1 aliphatic rings. The Bertz CT molecular complexity index is 1740. The Morgan fingerprint density at radius 2 is 1.97 bits per heavy atom. The van der Waals surface area contributed by atoms with Crippen LogP contribution in [-0.4, -0.2) is 59.0 Å². The highest BCUT2D eigenvalue weighted by Crippen LogP contribution is 2.23. The number of nitrogens with one attached hydrogen (secondary N) is 1. The van der Waals surface area contributed by atoms with Gasteiger partial charge in [-0.2, -0.15) is 4.98 Å². The van der Waals surface area contributed by atoms with Gasteiger partial charge in [0.25, 0.3) is 5.56 Å². The molecule has 0 aliphatic carbocycles. The molecule has 3 aromatic heterocycles. The second-order valence-corrected chi connectivity index (χ2v) is 9.31. The normalized spacial score (nSPS) is 15.4. The van der Waals surface area contributed by atoms with Crippen molar-refractivity contribution in [2.24, 2.45) is 7.05 Å². The van der Waals surface area contributed by atoms with Crippen LogP contribution in [0.25, 0.3) is 22.1 Å². The van der Waals surface area contributed by atoms with Crippen LogP contribution >= 0.6 is 0 Å². The number of piperidine rings is 1. The molecular formula is C26H28N8O4. The van der Waals surface area contributed by atoms with Crippen LogP contribution in [0.4, 0.5) is 10.7 Å². The Kier molecular flexibility index (Phi) is 6.59. The van der Waals surface area contributed by atoms with E-state index in [0.717, 1.165) is 27.6 Å². The van der Waals surface area contributed by atoms with Gasteiger partial charge >= 0.3 is 11.8 Å². The molecule has 38 heavy (non-hydrogen) atoms. The molecule has 12 nitrogen and oxygen atoms in total. The van der Waals surface area contributed by atoms with Gasteiger partial charge in [-0.15, -0.1) is 5.92 Å². The number of aromatic nitrogens is 6. The SMILES string of the molecule is CC#CCn1c(N2CCC[C@@H](NC(=O)O)C2)nc2c1c(=O)n(Cc1nc(C)c3ccccc3n1)c(=O)n2C. The van der Waals surface area contributed by atoms with Crippen molar-refractivity contribution < 1.29 is 9.90 Å². The lowest BCUT2D eigenvalue weighted by molar-refractivity contribution is 0.188. The van der Waals surface area contributed by atoms with Crippen molar-refractivity contribution in [3.63, 3.8) is 0 Å². The topological polar surface area (TPSA) is 140 Å². The number of benzene rings is 1. The number of anilines is 1. The molecule has 196 valence electrons. The number of carbonyl (C=O) groups is 1. The first-order valence-electron chi connectivity index (χ1n) is 12.3. The van der Waals surface area contributed by atoms with Gasteiger partial charge in [0.1, 0.15) is 5.82 Å². The maximum Gasteiger partial charge on any atom is 0.404 e. The average molecular weight is 517 g/mol. The van der Waals surface area contributed by atoms with Crippen molar-refractivity contribution in [3.05, 3.63) is 56.6 Å². The van der Waals surface area contributed by atoms with Gasteiger partial charge < -0.3 is 15.3 Å². The van der Waals surface area contributed by atoms with Gasteiger partial charge in [-0.1, -0.05) is 24.1 Å². The van der Waals surface area contributed by atoms with Crippen LogP contribution in [0.5, 0.6) is 0 Å². The monoisotopic (exact) mass is 516 g/mol. The van der Waals surface area contributed by atoms with Gasteiger partial charge in [0, 0.05) is 37.3 Å². The predicted octanol–water partition coefficient (Wildman–Crippen LogP) is 1.46. The third kappa shape index (κ3) is 4.47. The first kappa shape index (κ1) is 25.0. The van der Waals surface area contributed by atoms with Crippen molar-refractivity contribution in [2.45, 2.75) is 45.8 Å². The molecule has 2 N–H and O–H groups in total. The quantitative estimate of drug-likeness (QED) is 0.380. The van der Waals surface area contributed by atoms with E-state index in [2.05, 4.69) is 27.1 Å². The molecule has 12 heteroatoms. The first-order chi connectivity index (χ1) is 18.3. The molecule has 0 spiro atoms. The molecule has 1 amide bonds. The lowest BCUT2D eigenvalue weighted by atomic mass is 10.1. The van der Waals surface area contributed by atoms with Gasteiger partial charge in [0.05, 0.1) is 18.6 Å². The molecule has 0 radical (unpaired) electrons. The summed E-state index contributed by atoms with van der Waals surface area (Å²) in [6.07, 6.45) is 0.363. The van der Waals surface area contributed by atoms with Crippen molar-refractivity contribution in [2.75, 3.05) is 18.0 Å². The highest BCUT2D eigenvalue weighted by atomic mass is 16.4. The number of imidazole rings is 1. The number of rotatable bonds is 5. The van der Waals surface area contributed by atoms with Crippen LogP contribution in [-0.2, 0) is 20.1 Å². The fourth-order valence-electron chi connectivity index (χ4n) is 5.01. The van der Waals surface area contributed by atoms with E-state index in [1.54, 1.807) is 18.5 Å². The predicted molar refractivity (Wildman–Crippen MR) is 142 cm³/mol. The Morgan fingerprint density at radius 3 is 2.74 bits per heavy atom. The molecule has 4 heterocycles. The fraction of sp³-hybridized carbons (Fsp3) is 0.385. The lowest BCUT2D eigenvalue weighted by Crippen LogP contribution is -2.48. The fourth-order valence-corrected chi connectivity index (χ4v) is 5.01. The second kappa shape index (κ2) is 10.0. The van der Waals surface area contributed by atoms with Gasteiger partial charge in [-0.3, -0.25) is 18.5 Å². The van der Waals surface area contributed by atoms with E-state index in [0.29, 0.717) is 31.3 Å². The molecule has 1 fully saturated rings. The third-order valence-corrected chi connectivity index (χ3v) is 6.80. The number of carboxylic acid groups (broad SMARTS) is 1. The first-order valence-corrected chi connectivity index (χ1v) is 12.3. The van der Waals surface area contributed by atoms with Crippen LogP contribution in [0.3, 0.4) is 0 Å². The lowest BCUT2D eigenvalue weighted by Gasteiger charge is -2.33. The smallest absolute Gasteiger partial charge is 0.404 e. The van der Waals surface area contributed by atoms with Crippen LogP contribution in [0.1, 0.15) is 31.3 Å². The summed E-state index contributed by atoms with van der Waals surface area (Å²) in [5.74, 6) is 6.69. The summed E-state index contributed by atoms with van der Waals surface area (Å²) in [4.78, 5) is 54.1. The molecule has 0 saturated carbocycles. The zero-order valence-corrected chi connectivity index (χ0v) is 21.4. The number of amides is 1. The van der Waals surface area contributed by atoms with E-state index in [1.807, 2.05) is 36.1 Å². The molecule has 4 aromatic rings. The van der Waals surface area contributed by atoms with E-state index in [4.69, 9.17) is 4.98 Å². The van der Waals surface area contributed by atoms with Crippen molar-refractivity contribution in [3.8, 4) is 11.8 Å². The van der Waals surface area contributed by atoms with E-state index in [9.17, 15) is 19.5 Å². The number of fused-ring (bicyclic) bond motifs is 2. The summed E-state index contributed by atoms with van der Waals surface area (Å²) in [6.45, 7) is 4.69. The van der Waals surface area contributed by atoms with Gasteiger partial charge in [0.15, 0.2) is 11.2 Å². The van der Waals surface area contributed by atoms with E-state index in [1.165, 1.54) is 4.57 Å². The molecule has 0 unspecified atom stereocenters. The number of hydrogen-bond acceptors (Lipinski definition) is 7. The van der Waals surface area contributed by atoms with E-state index >= 15 is 0 Å².